The van der Waals surface area contributed by atoms with Gasteiger partial charge in [-0.05, 0) is 43.3 Å². The highest BCUT2D eigenvalue weighted by molar-refractivity contribution is 6.33. The number of nitrogens with one attached hydrogen (secondary N) is 3. The first-order chi connectivity index (χ1) is 18.5. The molecule has 13 heteroatoms. The Morgan fingerprint density at radius 2 is 1.77 bits per heavy atom. The van der Waals surface area contributed by atoms with E-state index in [4.69, 9.17) is 16.6 Å². The molecule has 0 aromatic heterocycles. The summed E-state index contributed by atoms with van der Waals surface area (Å²) in [6.45, 7) is 6.74. The van der Waals surface area contributed by atoms with Crippen LogP contribution < -0.4 is 16.0 Å². The maximum absolute atomic E-state index is 13.0. The van der Waals surface area contributed by atoms with Crippen molar-refractivity contribution >= 4 is 52.8 Å². The van der Waals surface area contributed by atoms with E-state index < -0.39 is 28.8 Å². The van der Waals surface area contributed by atoms with Gasteiger partial charge in [-0.3, -0.25) is 9.69 Å². The van der Waals surface area contributed by atoms with E-state index in [0.717, 1.165) is 12.1 Å². The fraction of sp³-hybridized carbons (Fsp3) is 0.308. The third kappa shape index (κ3) is 6.95. The monoisotopic (exact) mass is 561 g/mol. The molecule has 2 aromatic rings. The van der Waals surface area contributed by atoms with E-state index in [1.807, 2.05) is 4.90 Å². The van der Waals surface area contributed by atoms with Crippen LogP contribution in [-0.2, 0) is 11.0 Å². The van der Waals surface area contributed by atoms with Gasteiger partial charge in [-0.2, -0.15) is 13.2 Å². The van der Waals surface area contributed by atoms with Gasteiger partial charge in [0.2, 0.25) is 11.9 Å². The minimum absolute atomic E-state index is 0.0685. The topological polar surface area (TPSA) is 101 Å². The first-order valence-corrected chi connectivity index (χ1v) is 12.4. The Morgan fingerprint density at radius 3 is 2.44 bits per heavy atom. The molecule has 9 nitrogen and oxygen atoms in total. The Balaban J connectivity index is 1.41. The second-order valence-corrected chi connectivity index (χ2v) is 9.95. The lowest BCUT2D eigenvalue weighted by Crippen LogP contribution is -2.58. The lowest BCUT2D eigenvalue weighted by Gasteiger charge is -2.42. The number of benzene rings is 2. The molecule has 0 radical (unpaired) electrons. The Bertz CT molecular complexity index is 1300. The Kier molecular flexibility index (Phi) is 8.26. The van der Waals surface area contributed by atoms with E-state index in [2.05, 4.69) is 27.5 Å². The van der Waals surface area contributed by atoms with Crippen LogP contribution in [-0.4, -0.2) is 71.1 Å². The van der Waals surface area contributed by atoms with Crippen molar-refractivity contribution in [2.45, 2.75) is 24.1 Å². The molecule has 2 unspecified atom stereocenters. The summed E-state index contributed by atoms with van der Waals surface area (Å²) in [6, 6.07) is 11.1. The van der Waals surface area contributed by atoms with Crippen molar-refractivity contribution in [3.63, 3.8) is 0 Å². The van der Waals surface area contributed by atoms with Crippen LogP contribution in [0.3, 0.4) is 0 Å². The summed E-state index contributed by atoms with van der Waals surface area (Å²) in [5.74, 6) is -0.0670. The van der Waals surface area contributed by atoms with E-state index in [1.165, 1.54) is 23.1 Å². The zero-order valence-corrected chi connectivity index (χ0v) is 21.8. The summed E-state index contributed by atoms with van der Waals surface area (Å²) in [7, 11) is 0. The number of urea groups is 1. The second kappa shape index (κ2) is 11.5. The van der Waals surface area contributed by atoms with Gasteiger partial charge in [0.05, 0.1) is 16.9 Å². The molecule has 206 valence electrons. The summed E-state index contributed by atoms with van der Waals surface area (Å²) in [6.07, 6.45) is -2.25. The van der Waals surface area contributed by atoms with E-state index in [1.54, 1.807) is 37.4 Å². The van der Waals surface area contributed by atoms with Crippen LogP contribution in [0.5, 0.6) is 0 Å². The van der Waals surface area contributed by atoms with Crippen LogP contribution in [0.4, 0.5) is 35.0 Å². The standard InChI is InChI=1S/C26H27ClF3N7O2/c1-3-21(38)33-19-9-4-5-10-20(19)34-23-31-16-25(2,27)22(35-23)36-11-13-37(14-12-36)24(39)32-18-8-6-7-17(15-18)26(28,29)30/h3-10,15-16,22H,1,11-14H2,2H3,(H,32,39)(H,33,38)(H,34,35). The Labute approximate surface area is 228 Å². The highest BCUT2D eigenvalue weighted by atomic mass is 35.5. The van der Waals surface area contributed by atoms with Gasteiger partial charge in [0.15, 0.2) is 0 Å². The number of anilines is 3. The lowest BCUT2D eigenvalue weighted by atomic mass is 10.1. The van der Waals surface area contributed by atoms with Crippen molar-refractivity contribution in [3.8, 4) is 0 Å². The molecule has 0 aliphatic carbocycles. The molecule has 3 N–H and O–H groups in total. The summed E-state index contributed by atoms with van der Waals surface area (Å²) in [4.78, 5) is 36.2. The average Bonchev–Trinajstić information content (AvgIpc) is 2.90. The molecule has 1 fully saturated rings. The number of rotatable bonds is 5. The summed E-state index contributed by atoms with van der Waals surface area (Å²) in [5.41, 5.74) is 0.338. The predicted molar refractivity (Wildman–Crippen MR) is 146 cm³/mol. The quantitative estimate of drug-likeness (QED) is 0.359. The first-order valence-electron chi connectivity index (χ1n) is 12.0. The number of carbonyl (C=O) groups excluding carboxylic acids is 2. The Morgan fingerprint density at radius 1 is 1.08 bits per heavy atom. The number of piperazine rings is 1. The average molecular weight is 562 g/mol. The van der Waals surface area contributed by atoms with Crippen LogP contribution >= 0.6 is 11.6 Å². The van der Waals surface area contributed by atoms with Crippen molar-refractivity contribution in [1.29, 1.82) is 0 Å². The van der Waals surface area contributed by atoms with Crippen molar-refractivity contribution < 1.29 is 22.8 Å². The number of halogens is 4. The molecule has 0 bridgehead atoms. The Hall–Kier alpha value is -3.90. The SMILES string of the molecule is C=CC(=O)Nc1ccccc1NC1=NC(N2CCN(C(=O)Nc3cccc(C(F)(F)F)c3)CC2)C(C)(Cl)C=N1. The third-order valence-corrected chi connectivity index (χ3v) is 6.49. The van der Waals surface area contributed by atoms with Gasteiger partial charge < -0.3 is 20.9 Å². The van der Waals surface area contributed by atoms with Crippen LogP contribution in [0, 0.1) is 0 Å². The number of alkyl halides is 4. The molecule has 2 aliphatic rings. The molecular weight excluding hydrogens is 535 g/mol. The highest BCUT2D eigenvalue weighted by Gasteiger charge is 2.40. The normalized spacial score (nSPS) is 21.6. The minimum atomic E-state index is -4.50. The number of nitrogens with zero attached hydrogens (tertiary/aromatic N) is 4. The maximum atomic E-state index is 13.0. The number of para-hydroxylation sites is 2. The van der Waals surface area contributed by atoms with Crippen LogP contribution in [0.15, 0.2) is 71.2 Å². The van der Waals surface area contributed by atoms with Crippen molar-refractivity contribution in [2.75, 3.05) is 42.1 Å². The van der Waals surface area contributed by atoms with Crippen LogP contribution in [0.25, 0.3) is 0 Å². The van der Waals surface area contributed by atoms with Gasteiger partial charge in [-0.15, -0.1) is 11.6 Å². The maximum Gasteiger partial charge on any atom is 0.416 e. The van der Waals surface area contributed by atoms with Crippen LogP contribution in [0.1, 0.15) is 12.5 Å². The minimum Gasteiger partial charge on any atom is -0.323 e. The molecule has 2 atom stereocenters. The smallest absolute Gasteiger partial charge is 0.323 e. The van der Waals surface area contributed by atoms with E-state index in [0.29, 0.717) is 43.5 Å². The summed E-state index contributed by atoms with van der Waals surface area (Å²) in [5, 5.41) is 8.38. The second-order valence-electron chi connectivity index (χ2n) is 9.13. The largest absolute Gasteiger partial charge is 0.416 e. The number of hydrogen-bond acceptors (Lipinski definition) is 6. The van der Waals surface area contributed by atoms with Gasteiger partial charge in [0, 0.05) is 38.1 Å². The fourth-order valence-electron chi connectivity index (χ4n) is 4.18. The van der Waals surface area contributed by atoms with Gasteiger partial charge in [-0.1, -0.05) is 24.8 Å². The zero-order valence-electron chi connectivity index (χ0n) is 21.0. The lowest BCUT2D eigenvalue weighted by molar-refractivity contribution is -0.137. The molecule has 4 rings (SSSR count). The molecule has 1 saturated heterocycles. The van der Waals surface area contributed by atoms with Gasteiger partial charge in [-0.25, -0.2) is 14.8 Å². The number of aliphatic imine (C=N–C) groups is 2. The number of amides is 3. The molecule has 0 spiro atoms. The first kappa shape index (κ1) is 28.1. The van der Waals surface area contributed by atoms with E-state index in [-0.39, 0.29) is 11.6 Å². The number of carbonyl (C=O) groups is 2. The molecule has 2 aromatic carbocycles. The van der Waals surface area contributed by atoms with Gasteiger partial charge in [0.1, 0.15) is 11.0 Å². The summed E-state index contributed by atoms with van der Waals surface area (Å²) >= 11 is 6.74. The van der Waals surface area contributed by atoms with Crippen LogP contribution in [0.2, 0.25) is 0 Å². The third-order valence-electron chi connectivity index (χ3n) is 6.19. The van der Waals surface area contributed by atoms with E-state index in [9.17, 15) is 22.8 Å². The molecule has 0 saturated carbocycles. The van der Waals surface area contributed by atoms with Crippen molar-refractivity contribution in [1.82, 2.24) is 9.80 Å². The number of guanidine groups is 1. The van der Waals surface area contributed by atoms with Crippen molar-refractivity contribution in [2.24, 2.45) is 9.98 Å². The van der Waals surface area contributed by atoms with E-state index >= 15 is 0 Å². The molecule has 39 heavy (non-hydrogen) atoms. The zero-order chi connectivity index (χ0) is 28.2. The summed E-state index contributed by atoms with van der Waals surface area (Å²) < 4.78 is 39.0. The van der Waals surface area contributed by atoms with Crippen molar-refractivity contribution in [3.05, 3.63) is 66.7 Å². The van der Waals surface area contributed by atoms with Gasteiger partial charge in [0.25, 0.3) is 0 Å². The fourth-order valence-corrected chi connectivity index (χ4v) is 4.42. The molecule has 2 aliphatic heterocycles. The molecular formula is C26H27ClF3N7O2. The van der Waals surface area contributed by atoms with Gasteiger partial charge >= 0.3 is 12.2 Å². The predicted octanol–water partition coefficient (Wildman–Crippen LogP) is 4.86. The molecule has 3 amide bonds. The highest BCUT2D eigenvalue weighted by Crippen LogP contribution is 2.31. The number of hydrogen-bond donors (Lipinski definition) is 3. The molecule has 2 heterocycles.